The van der Waals surface area contributed by atoms with Gasteiger partial charge in [-0.3, -0.25) is 14.7 Å². The molecule has 5 aromatic carbocycles. The molecule has 0 amide bonds. The van der Waals surface area contributed by atoms with Gasteiger partial charge in [-0.25, -0.2) is 33.7 Å². The Morgan fingerprint density at radius 1 is 0.574 bits per heavy atom. The smallest absolute Gasteiger partial charge is 0.870 e. The van der Waals surface area contributed by atoms with Gasteiger partial charge in [-0.05, 0) is 42.5 Å². The van der Waals surface area contributed by atoms with Gasteiger partial charge in [0.2, 0.25) is 0 Å². The Bertz CT molecular complexity index is 3250. The number of non-ortho nitro benzene ring substituents is 1. The van der Waals surface area contributed by atoms with Crippen LogP contribution in [-0.4, -0.2) is 74.9 Å². The summed E-state index contributed by atoms with van der Waals surface area (Å²) in [7, 11) is -28.2. The minimum absolute atomic E-state index is 0. The average Bonchev–Trinajstić information content (AvgIpc) is 3.04. The van der Waals surface area contributed by atoms with Crippen LogP contribution in [0.1, 0.15) is 0 Å². The van der Waals surface area contributed by atoms with E-state index in [4.69, 9.17) is 5.73 Å². The van der Waals surface area contributed by atoms with Crippen LogP contribution < -0.4 is 159 Å². The molecule has 0 saturated heterocycles. The maximum Gasteiger partial charge on any atom is 1.00 e. The summed E-state index contributed by atoms with van der Waals surface area (Å²) in [6, 6.07) is 4.36. The zero-order valence-corrected chi connectivity index (χ0v) is 45.5. The summed E-state index contributed by atoms with van der Waals surface area (Å²) < 4.78 is 179. The van der Waals surface area contributed by atoms with E-state index in [-0.39, 0.29) is 160 Å². The molecule has 0 spiro atoms. The van der Waals surface area contributed by atoms with E-state index in [1.165, 1.54) is 0 Å². The van der Waals surface area contributed by atoms with Crippen molar-refractivity contribution in [2.75, 3.05) is 5.73 Å². The molecule has 0 atom stereocenters. The first kappa shape index (κ1) is 60.2. The molecule has 0 bridgehead atoms. The predicted octanol–water partition coefficient (Wildman–Crippen LogP) is -13.0. The molecule has 0 aromatic heterocycles. The van der Waals surface area contributed by atoms with Crippen LogP contribution in [0.25, 0.3) is 21.5 Å². The van der Waals surface area contributed by atoms with Crippen molar-refractivity contribution >= 4 is 106 Å². The number of nitrogen functional groups attached to an aromatic ring is 1. The van der Waals surface area contributed by atoms with Crippen molar-refractivity contribution in [2.45, 2.75) is 24.5 Å². The summed E-state index contributed by atoms with van der Waals surface area (Å²) >= 11 is 0. The molecule has 0 aliphatic heterocycles. The Morgan fingerprint density at radius 3 is 1.59 bits per heavy atom. The first-order valence-electron chi connectivity index (χ1n) is 13.8. The maximum atomic E-state index is 13.8. The van der Waals surface area contributed by atoms with E-state index in [1.54, 1.807) is 0 Å². The number of hydrogen-bond acceptors (Lipinski definition) is 23. The zero-order chi connectivity index (χ0) is 42.1. The van der Waals surface area contributed by atoms with Crippen LogP contribution in [-0.2, 0) is 50.6 Å². The summed E-state index contributed by atoms with van der Waals surface area (Å²) in [6.45, 7) is 0. The van der Waals surface area contributed by atoms with E-state index in [0.717, 1.165) is 6.07 Å². The van der Waals surface area contributed by atoms with Crippen LogP contribution in [0.4, 0.5) is 34.1 Å². The van der Waals surface area contributed by atoms with Crippen LogP contribution in [0.2, 0.25) is 0 Å². The van der Waals surface area contributed by atoms with Crippen molar-refractivity contribution in [3.8, 4) is 11.5 Å². The van der Waals surface area contributed by atoms with Gasteiger partial charge in [-0.1, -0.05) is 5.75 Å². The Labute approximate surface area is 454 Å². The minimum Gasteiger partial charge on any atom is -0.870 e. The van der Waals surface area contributed by atoms with Crippen molar-refractivity contribution in [1.29, 1.82) is 0 Å². The molecule has 0 saturated carbocycles. The number of hydrogen-bond donors (Lipinski definition) is 3. The molecule has 35 heteroatoms. The number of nitro groups is 1. The Kier molecular flexibility index (Phi) is 21.4. The fourth-order valence-corrected chi connectivity index (χ4v) is 8.30. The number of nitrogens with zero attached hydrogens (tertiary/aromatic N) is 5. The maximum absolute atomic E-state index is 13.8. The number of aromatic hydroxyl groups is 1. The summed E-state index contributed by atoms with van der Waals surface area (Å²) in [6.07, 6.45) is 0. The van der Waals surface area contributed by atoms with Gasteiger partial charge in [0.1, 0.15) is 68.2 Å². The monoisotopic (exact) mass is 988 g/mol. The summed E-state index contributed by atoms with van der Waals surface area (Å²) in [5, 5.41) is 45.1. The zero-order valence-electron chi connectivity index (χ0n) is 31.4. The number of phenols is 1. The van der Waals surface area contributed by atoms with E-state index < -0.39 is 147 Å². The molecule has 296 valence electrons. The first-order chi connectivity index (χ1) is 25.5. The largest absolute Gasteiger partial charge is 1.00 e. The van der Waals surface area contributed by atoms with Crippen LogP contribution >= 0.6 is 0 Å². The number of benzene rings is 5. The molecule has 5 rings (SSSR count). The van der Waals surface area contributed by atoms with Crippen LogP contribution in [0.15, 0.2) is 99.5 Å². The van der Waals surface area contributed by atoms with E-state index >= 15 is 0 Å². The fourth-order valence-electron chi connectivity index (χ4n) is 5.02. The van der Waals surface area contributed by atoms with Gasteiger partial charge in [-0.2, -0.15) is 8.42 Å². The van der Waals surface area contributed by atoms with Crippen LogP contribution in [0, 0.1) is 10.1 Å². The van der Waals surface area contributed by atoms with Gasteiger partial charge >= 0.3 is 148 Å². The molecule has 0 heterocycles. The van der Waals surface area contributed by atoms with Gasteiger partial charge < -0.3 is 34.2 Å². The van der Waals surface area contributed by atoms with Gasteiger partial charge in [-0.15, -0.1) is 20.5 Å². The minimum atomic E-state index is -5.81. The molecule has 61 heavy (non-hydrogen) atoms. The molecule has 0 radical (unpaired) electrons. The third-order valence-electron chi connectivity index (χ3n) is 7.35. The number of nitrogens with two attached hydrogens (primary N) is 1. The average molecular weight is 989 g/mol. The van der Waals surface area contributed by atoms with E-state index in [9.17, 15) is 85.2 Å². The number of azo groups is 2. The number of anilines is 1. The van der Waals surface area contributed by atoms with Crippen molar-refractivity contribution < 1.29 is 228 Å². The molecule has 0 aliphatic carbocycles. The van der Waals surface area contributed by atoms with E-state index in [0.29, 0.717) is 36.4 Å². The number of nitro benzene ring substituents is 1. The van der Waals surface area contributed by atoms with Crippen molar-refractivity contribution in [3.63, 3.8) is 0 Å². The summed E-state index contributed by atoms with van der Waals surface area (Å²) in [5.74, 6) is -2.77. The predicted molar refractivity (Wildman–Crippen MR) is 177 cm³/mol. The second-order valence-corrected chi connectivity index (χ2v) is 17.6. The van der Waals surface area contributed by atoms with Gasteiger partial charge in [0.15, 0.2) is 0 Å². The van der Waals surface area contributed by atoms with Crippen molar-refractivity contribution in [3.05, 3.63) is 64.7 Å². The Balaban J connectivity index is 0.00000720. The van der Waals surface area contributed by atoms with Crippen LogP contribution in [0.5, 0.6) is 11.5 Å². The fraction of sp³-hybridized carbons (Fsp3) is 0. The number of rotatable bonds is 10. The molecule has 0 unspecified atom stereocenters. The van der Waals surface area contributed by atoms with Crippen molar-refractivity contribution in [1.82, 2.24) is 0 Å². The molecule has 4 N–H and O–H groups in total. The summed E-state index contributed by atoms with van der Waals surface area (Å²) in [5.41, 5.74) is -0.396. The SMILES string of the molecule is Nc1c(N=Nc2ccc3c(O)cc(S(=O)(=O)[O-])cc3c2S(=O)(=O)[O-])cc(S(=O)(=O)[O-])c2cc(S(=O)(=O)O)c(N=Nc3ccc([N+](=O)[O-])cc3S(=O)(=O)[O-])c([O-])c12.[Na+].[Na+].[Na+].[Na+].[Na+]. The number of fused-ring (bicyclic) bond motifs is 2. The van der Waals surface area contributed by atoms with E-state index in [2.05, 4.69) is 20.5 Å². The Morgan fingerprint density at radius 2 is 1.10 bits per heavy atom. The van der Waals surface area contributed by atoms with Gasteiger partial charge in [0.05, 0.1) is 35.9 Å². The second-order valence-electron chi connectivity index (χ2n) is 10.8. The van der Waals surface area contributed by atoms with Gasteiger partial charge in [0, 0.05) is 33.7 Å². The van der Waals surface area contributed by atoms with Gasteiger partial charge in [0.25, 0.3) is 15.8 Å². The third-order valence-corrected chi connectivity index (χ3v) is 11.7. The second kappa shape index (κ2) is 21.6. The molecule has 25 nitrogen and oxygen atoms in total. The van der Waals surface area contributed by atoms with Crippen molar-refractivity contribution in [2.24, 2.45) is 20.5 Å². The normalized spacial score (nSPS) is 12.2. The molecular formula is C26H13N6Na5O19S5. The third kappa shape index (κ3) is 13.2. The molecule has 0 fully saturated rings. The molecule has 0 aliphatic rings. The molecular weight excluding hydrogens is 976 g/mol. The first-order valence-corrected chi connectivity index (χ1v) is 20.9. The Hall–Kier alpha value is -0.830. The standard InChI is InChI=1S/C26H18N6O19S5.5Na/c27-23-17(30-29-16-4-2-12-13(26(16)56(49,50)51)6-11(7-18(12)33)52(37,38)39)9-19(53(40,41)42)14-8-21(55(46,47)48)24(25(34)22(14)23)31-28-15-3-1-10(32(35)36)5-20(15)54(43,44)45;;;;;/h1-9,33-34H,27H2,(H,37,38,39)(H,40,41,42)(H,43,44,45)(H,46,47,48)(H,49,50,51);;;;;/q;5*+1/p-5. The quantitative estimate of drug-likeness (QED) is 0.0292. The number of phenolic OH excluding ortho intramolecular Hbond substituents is 1. The van der Waals surface area contributed by atoms with Crippen LogP contribution in [0.3, 0.4) is 0 Å². The molecule has 5 aromatic rings. The summed E-state index contributed by atoms with van der Waals surface area (Å²) in [4.78, 5) is 2.95. The topological polar surface area (TPSA) is 445 Å². The van der Waals surface area contributed by atoms with E-state index in [1.807, 2.05) is 0 Å².